The minimum Gasteiger partial charge on any atom is -0.379 e. The zero-order valence-corrected chi connectivity index (χ0v) is 19.8. The molecule has 168 valence electrons. The van der Waals surface area contributed by atoms with Crippen LogP contribution in [-0.2, 0) is 21.2 Å². The van der Waals surface area contributed by atoms with E-state index in [2.05, 4.69) is 17.2 Å². The number of carbonyl (C=O) groups excluding carboxylic acids is 1. The monoisotopic (exact) mass is 491 g/mol. The molecule has 7 nitrogen and oxygen atoms in total. The van der Waals surface area contributed by atoms with Crippen molar-refractivity contribution in [3.05, 3.63) is 64.1 Å². The molecule has 1 aromatic heterocycles. The molecule has 2 aromatic carbocycles. The molecule has 1 aliphatic heterocycles. The van der Waals surface area contributed by atoms with E-state index in [1.807, 2.05) is 24.3 Å². The van der Waals surface area contributed by atoms with Gasteiger partial charge in [0, 0.05) is 29.7 Å². The molecule has 1 aliphatic rings. The highest BCUT2D eigenvalue weighted by Crippen LogP contribution is 2.29. The Balaban J connectivity index is 1.52. The number of ether oxygens (including phenoxy) is 1. The predicted octanol–water partition coefficient (Wildman–Crippen LogP) is 4.30. The van der Waals surface area contributed by atoms with Crippen LogP contribution in [0.3, 0.4) is 0 Å². The van der Waals surface area contributed by atoms with Crippen molar-refractivity contribution in [1.82, 2.24) is 9.29 Å². The van der Waals surface area contributed by atoms with Gasteiger partial charge < -0.3 is 10.1 Å². The second-order valence-corrected chi connectivity index (χ2v) is 10.4. The molecule has 4 rings (SSSR count). The van der Waals surface area contributed by atoms with Gasteiger partial charge in [-0.2, -0.15) is 4.31 Å². The summed E-state index contributed by atoms with van der Waals surface area (Å²) in [5, 5.41) is 5.24. The fourth-order valence-corrected chi connectivity index (χ4v) is 6.01. The van der Waals surface area contributed by atoms with Crippen LogP contribution in [0.1, 0.15) is 23.0 Å². The van der Waals surface area contributed by atoms with E-state index in [-0.39, 0.29) is 28.7 Å². The van der Waals surface area contributed by atoms with E-state index in [1.165, 1.54) is 33.3 Å². The van der Waals surface area contributed by atoms with Gasteiger partial charge in [-0.3, -0.25) is 4.79 Å². The largest absolute Gasteiger partial charge is 0.379 e. The molecule has 0 saturated carbocycles. The Kier molecular flexibility index (Phi) is 6.92. The summed E-state index contributed by atoms with van der Waals surface area (Å²) < 4.78 is 32.5. The topological polar surface area (TPSA) is 88.6 Å². The Morgan fingerprint density at radius 3 is 2.59 bits per heavy atom. The second-order valence-electron chi connectivity index (χ2n) is 7.20. The van der Waals surface area contributed by atoms with Crippen molar-refractivity contribution in [2.45, 2.75) is 18.2 Å². The number of sulfonamides is 1. The van der Waals surface area contributed by atoms with Crippen LogP contribution in [0, 0.1) is 0 Å². The molecular formula is C22H22ClN3O4S2. The van der Waals surface area contributed by atoms with Crippen molar-refractivity contribution in [1.29, 1.82) is 0 Å². The third kappa shape index (κ3) is 4.87. The van der Waals surface area contributed by atoms with E-state index in [4.69, 9.17) is 16.3 Å². The minimum atomic E-state index is -3.80. The van der Waals surface area contributed by atoms with Crippen molar-refractivity contribution in [3.8, 4) is 10.6 Å². The number of hydrogen-bond acceptors (Lipinski definition) is 6. The lowest BCUT2D eigenvalue weighted by molar-refractivity contribution is 0.0730. The molecule has 3 aromatic rings. The van der Waals surface area contributed by atoms with Gasteiger partial charge >= 0.3 is 0 Å². The number of carbonyl (C=O) groups is 1. The molecular weight excluding hydrogens is 470 g/mol. The van der Waals surface area contributed by atoms with Crippen molar-refractivity contribution >= 4 is 44.6 Å². The maximum atomic E-state index is 13.0. The number of anilines is 1. The van der Waals surface area contributed by atoms with Gasteiger partial charge in [0.2, 0.25) is 10.0 Å². The van der Waals surface area contributed by atoms with Crippen LogP contribution in [0.2, 0.25) is 5.02 Å². The number of nitrogens with zero attached hydrogens (tertiary/aromatic N) is 2. The van der Waals surface area contributed by atoms with E-state index in [1.54, 1.807) is 11.4 Å². The zero-order valence-electron chi connectivity index (χ0n) is 17.4. The first-order chi connectivity index (χ1) is 15.4. The fraction of sp³-hybridized carbons (Fsp3) is 0.273. The molecule has 0 spiro atoms. The Morgan fingerprint density at radius 2 is 1.91 bits per heavy atom. The van der Waals surface area contributed by atoms with Crippen LogP contribution in [0.15, 0.2) is 52.7 Å². The summed E-state index contributed by atoms with van der Waals surface area (Å²) in [4.78, 5) is 17.1. The summed E-state index contributed by atoms with van der Waals surface area (Å²) in [6.45, 7) is 3.28. The van der Waals surface area contributed by atoms with Crippen molar-refractivity contribution in [3.63, 3.8) is 0 Å². The van der Waals surface area contributed by atoms with E-state index >= 15 is 0 Å². The zero-order chi connectivity index (χ0) is 22.7. The Hall–Kier alpha value is -2.30. The lowest BCUT2D eigenvalue weighted by Gasteiger charge is -2.26. The first-order valence-electron chi connectivity index (χ1n) is 10.1. The third-order valence-electron chi connectivity index (χ3n) is 5.12. The number of hydrogen-bond donors (Lipinski definition) is 1. The average Bonchev–Trinajstić information content (AvgIpc) is 3.31. The molecule has 0 unspecified atom stereocenters. The van der Waals surface area contributed by atoms with E-state index in [0.29, 0.717) is 18.9 Å². The van der Waals surface area contributed by atoms with Crippen LogP contribution < -0.4 is 5.32 Å². The minimum absolute atomic E-state index is 0.0474. The lowest BCUT2D eigenvalue weighted by atomic mass is 10.1. The molecule has 1 N–H and O–H groups in total. The van der Waals surface area contributed by atoms with Gasteiger partial charge in [0.15, 0.2) is 0 Å². The number of aromatic nitrogens is 1. The molecule has 32 heavy (non-hydrogen) atoms. The van der Waals surface area contributed by atoms with Gasteiger partial charge in [-0.25, -0.2) is 13.4 Å². The number of benzene rings is 2. The Labute approximate surface area is 196 Å². The standard InChI is InChI=1S/C22H22ClN3O4S2/c1-2-15-3-5-16(6-4-15)22-25-19(14-31-22)21(27)24-17-7-8-18(23)20(13-17)32(28,29)26-9-11-30-12-10-26/h3-8,13-14H,2,9-12H2,1H3,(H,24,27). The molecule has 0 aliphatic carbocycles. The van der Waals surface area contributed by atoms with Crippen molar-refractivity contribution in [2.24, 2.45) is 0 Å². The molecule has 0 bridgehead atoms. The Morgan fingerprint density at radius 1 is 1.19 bits per heavy atom. The quantitative estimate of drug-likeness (QED) is 0.555. The normalized spacial score (nSPS) is 14.9. The van der Waals surface area contributed by atoms with E-state index in [0.717, 1.165) is 17.0 Å². The number of rotatable bonds is 6. The summed E-state index contributed by atoms with van der Waals surface area (Å²) in [6.07, 6.45) is 0.955. The highest BCUT2D eigenvalue weighted by molar-refractivity contribution is 7.89. The van der Waals surface area contributed by atoms with Crippen LogP contribution in [0.5, 0.6) is 0 Å². The van der Waals surface area contributed by atoms with Crippen LogP contribution in [0.25, 0.3) is 10.6 Å². The summed E-state index contributed by atoms with van der Waals surface area (Å²) in [5.41, 5.74) is 2.76. The van der Waals surface area contributed by atoms with Gasteiger partial charge in [0.25, 0.3) is 5.91 Å². The lowest BCUT2D eigenvalue weighted by Crippen LogP contribution is -2.40. The highest BCUT2D eigenvalue weighted by Gasteiger charge is 2.28. The maximum absolute atomic E-state index is 13.0. The number of thiazole rings is 1. The molecule has 1 amide bonds. The predicted molar refractivity (Wildman–Crippen MR) is 126 cm³/mol. The SMILES string of the molecule is CCc1ccc(-c2nc(C(=O)Nc3ccc(Cl)c(S(=O)(=O)N4CCOCC4)c3)cs2)cc1. The molecule has 0 radical (unpaired) electrons. The van der Waals surface area contributed by atoms with Gasteiger partial charge in [0.1, 0.15) is 15.6 Å². The van der Waals surface area contributed by atoms with Crippen molar-refractivity contribution < 1.29 is 17.9 Å². The highest BCUT2D eigenvalue weighted by atomic mass is 35.5. The summed E-state index contributed by atoms with van der Waals surface area (Å²) in [5.74, 6) is -0.422. The van der Waals surface area contributed by atoms with Gasteiger partial charge in [-0.15, -0.1) is 11.3 Å². The number of morpholine rings is 1. The smallest absolute Gasteiger partial charge is 0.275 e. The average molecular weight is 492 g/mol. The summed E-state index contributed by atoms with van der Waals surface area (Å²) in [6, 6.07) is 12.5. The van der Waals surface area contributed by atoms with E-state index in [9.17, 15) is 13.2 Å². The molecule has 1 fully saturated rings. The first kappa shape index (κ1) is 22.9. The Bertz CT molecular complexity index is 1220. The van der Waals surface area contributed by atoms with Crippen LogP contribution >= 0.6 is 22.9 Å². The van der Waals surface area contributed by atoms with Crippen LogP contribution in [0.4, 0.5) is 5.69 Å². The molecule has 0 atom stereocenters. The van der Waals surface area contributed by atoms with Gasteiger partial charge in [0.05, 0.1) is 18.2 Å². The number of halogens is 1. The molecule has 2 heterocycles. The van der Waals surface area contributed by atoms with Gasteiger partial charge in [-0.05, 0) is 30.2 Å². The number of amides is 1. The second kappa shape index (κ2) is 9.68. The summed E-state index contributed by atoms with van der Waals surface area (Å²) in [7, 11) is -3.80. The summed E-state index contributed by atoms with van der Waals surface area (Å²) >= 11 is 7.56. The van der Waals surface area contributed by atoms with E-state index < -0.39 is 15.9 Å². The maximum Gasteiger partial charge on any atom is 0.275 e. The third-order valence-corrected chi connectivity index (χ3v) is 8.39. The number of aryl methyl sites for hydroxylation is 1. The van der Waals surface area contributed by atoms with Crippen LogP contribution in [-0.4, -0.2) is 49.9 Å². The molecule has 10 heteroatoms. The molecule has 1 saturated heterocycles. The number of nitrogens with one attached hydrogen (secondary N) is 1. The van der Waals surface area contributed by atoms with Crippen molar-refractivity contribution in [2.75, 3.05) is 31.6 Å². The van der Waals surface area contributed by atoms with Gasteiger partial charge in [-0.1, -0.05) is 42.8 Å². The first-order valence-corrected chi connectivity index (χ1v) is 12.8. The fourth-order valence-electron chi connectivity index (χ4n) is 3.29.